The van der Waals surface area contributed by atoms with Crippen molar-refractivity contribution in [1.29, 1.82) is 0 Å². The van der Waals surface area contributed by atoms with Crippen LogP contribution in [0.5, 0.6) is 5.75 Å². The number of amides is 1. The molecule has 0 aliphatic heterocycles. The lowest BCUT2D eigenvalue weighted by Gasteiger charge is -2.09. The number of para-hydroxylation sites is 1. The maximum Gasteiger partial charge on any atom is 0.270 e. The fraction of sp³-hybridized carbons (Fsp3) is 0.167. The Bertz CT molecular complexity index is 819. The van der Waals surface area contributed by atoms with Gasteiger partial charge in [0.05, 0.1) is 12.6 Å². The molecule has 23 heavy (non-hydrogen) atoms. The molecule has 1 N–H and O–H groups in total. The molecule has 0 fully saturated rings. The Morgan fingerprint density at radius 3 is 2.78 bits per heavy atom. The number of nitrogens with zero attached hydrogens (tertiary/aromatic N) is 2. The van der Waals surface area contributed by atoms with Crippen LogP contribution in [0.4, 0.5) is 0 Å². The number of ether oxygens (including phenoxy) is 1. The van der Waals surface area contributed by atoms with E-state index in [0.29, 0.717) is 24.4 Å². The van der Waals surface area contributed by atoms with Gasteiger partial charge in [0.15, 0.2) is 0 Å². The van der Waals surface area contributed by atoms with Crippen LogP contribution in [0.2, 0.25) is 0 Å². The van der Waals surface area contributed by atoms with Crippen molar-refractivity contribution >= 4 is 16.8 Å². The molecule has 5 heteroatoms. The normalized spacial score (nSPS) is 10.5. The van der Waals surface area contributed by atoms with E-state index in [1.54, 1.807) is 19.4 Å². The minimum atomic E-state index is -0.218. The predicted molar refractivity (Wildman–Crippen MR) is 88.6 cm³/mol. The molecule has 3 aromatic rings. The van der Waals surface area contributed by atoms with Gasteiger partial charge in [-0.3, -0.25) is 9.78 Å². The van der Waals surface area contributed by atoms with Crippen LogP contribution in [0.25, 0.3) is 10.9 Å². The van der Waals surface area contributed by atoms with E-state index in [2.05, 4.69) is 15.3 Å². The molecule has 0 atom stereocenters. The molecule has 3 rings (SSSR count). The Morgan fingerprint density at radius 2 is 2.00 bits per heavy atom. The first kappa shape index (κ1) is 15.0. The Morgan fingerprint density at radius 1 is 1.17 bits per heavy atom. The molecule has 0 aliphatic rings. The third-order valence-electron chi connectivity index (χ3n) is 3.52. The second-order valence-electron chi connectivity index (χ2n) is 5.05. The van der Waals surface area contributed by atoms with E-state index in [1.807, 2.05) is 42.5 Å². The summed E-state index contributed by atoms with van der Waals surface area (Å²) in [5, 5.41) is 3.76. The first-order valence-corrected chi connectivity index (χ1v) is 7.40. The molecule has 0 unspecified atom stereocenters. The maximum absolute atomic E-state index is 12.3. The molecule has 0 aliphatic carbocycles. The lowest BCUT2D eigenvalue weighted by molar-refractivity contribution is 0.0949. The molecule has 5 nitrogen and oxygen atoms in total. The van der Waals surface area contributed by atoms with Crippen LogP contribution in [0.1, 0.15) is 16.2 Å². The minimum Gasteiger partial charge on any atom is -0.496 e. The number of nitrogens with one attached hydrogen (secondary N) is 1. The van der Waals surface area contributed by atoms with Gasteiger partial charge in [-0.1, -0.05) is 18.2 Å². The van der Waals surface area contributed by atoms with Crippen LogP contribution >= 0.6 is 0 Å². The van der Waals surface area contributed by atoms with E-state index >= 15 is 0 Å². The van der Waals surface area contributed by atoms with Gasteiger partial charge in [0.1, 0.15) is 11.4 Å². The second-order valence-corrected chi connectivity index (χ2v) is 5.05. The van der Waals surface area contributed by atoms with Crippen molar-refractivity contribution in [2.45, 2.75) is 6.42 Å². The van der Waals surface area contributed by atoms with Crippen LogP contribution in [0.15, 0.2) is 54.7 Å². The van der Waals surface area contributed by atoms with E-state index in [1.165, 1.54) is 0 Å². The standard InChI is InChI=1S/C18H17N3O2/c1-23-17-12-16(21-15-8-3-2-7-14(15)17)18(22)20-11-9-13-6-4-5-10-19-13/h2-8,10,12H,9,11H2,1H3,(H,20,22). The van der Waals surface area contributed by atoms with Crippen molar-refractivity contribution in [3.63, 3.8) is 0 Å². The summed E-state index contributed by atoms with van der Waals surface area (Å²) < 4.78 is 5.36. The number of carbonyl (C=O) groups is 1. The SMILES string of the molecule is COc1cc(C(=O)NCCc2ccccn2)nc2ccccc12. The largest absolute Gasteiger partial charge is 0.496 e. The molecule has 2 heterocycles. The average Bonchev–Trinajstić information content (AvgIpc) is 2.61. The van der Waals surface area contributed by atoms with Crippen LogP contribution in [0.3, 0.4) is 0 Å². The van der Waals surface area contributed by atoms with Crippen molar-refractivity contribution in [2.75, 3.05) is 13.7 Å². The molecule has 116 valence electrons. The number of pyridine rings is 2. The first-order valence-electron chi connectivity index (χ1n) is 7.40. The number of benzene rings is 1. The molecular weight excluding hydrogens is 290 g/mol. The van der Waals surface area contributed by atoms with Crippen LogP contribution in [-0.2, 0) is 6.42 Å². The predicted octanol–water partition coefficient (Wildman–Crippen LogP) is 2.61. The lowest BCUT2D eigenvalue weighted by atomic mass is 10.1. The number of rotatable bonds is 5. The Kier molecular flexibility index (Phi) is 4.47. The summed E-state index contributed by atoms with van der Waals surface area (Å²) in [4.78, 5) is 20.9. The molecule has 0 radical (unpaired) electrons. The van der Waals surface area contributed by atoms with Gasteiger partial charge >= 0.3 is 0 Å². The van der Waals surface area contributed by atoms with Crippen molar-refractivity contribution in [3.8, 4) is 5.75 Å². The summed E-state index contributed by atoms with van der Waals surface area (Å²) in [6.07, 6.45) is 2.42. The summed E-state index contributed by atoms with van der Waals surface area (Å²) >= 11 is 0. The second kappa shape index (κ2) is 6.87. The summed E-state index contributed by atoms with van der Waals surface area (Å²) in [5.41, 5.74) is 2.03. The van der Waals surface area contributed by atoms with Crippen molar-refractivity contribution in [2.24, 2.45) is 0 Å². The summed E-state index contributed by atoms with van der Waals surface area (Å²) in [5.74, 6) is 0.426. The zero-order valence-corrected chi connectivity index (χ0v) is 12.8. The van der Waals surface area contributed by atoms with Gasteiger partial charge in [-0.2, -0.15) is 0 Å². The average molecular weight is 307 g/mol. The number of methoxy groups -OCH3 is 1. The molecule has 0 saturated carbocycles. The highest BCUT2D eigenvalue weighted by Crippen LogP contribution is 2.24. The lowest BCUT2D eigenvalue weighted by Crippen LogP contribution is -2.26. The van der Waals surface area contributed by atoms with Gasteiger partial charge in [-0.15, -0.1) is 0 Å². The highest BCUT2D eigenvalue weighted by molar-refractivity contribution is 5.97. The molecular formula is C18H17N3O2. The summed E-state index contributed by atoms with van der Waals surface area (Å²) in [7, 11) is 1.59. The first-order chi connectivity index (χ1) is 11.3. The molecule has 0 saturated heterocycles. The van der Waals surface area contributed by atoms with E-state index < -0.39 is 0 Å². The molecule has 0 bridgehead atoms. The number of carbonyl (C=O) groups excluding carboxylic acids is 1. The van der Waals surface area contributed by atoms with Gasteiger partial charge in [-0.05, 0) is 24.3 Å². The summed E-state index contributed by atoms with van der Waals surface area (Å²) in [6, 6.07) is 15.0. The minimum absolute atomic E-state index is 0.218. The van der Waals surface area contributed by atoms with Crippen LogP contribution in [-0.4, -0.2) is 29.5 Å². The van der Waals surface area contributed by atoms with Gasteiger partial charge in [-0.25, -0.2) is 4.98 Å². The highest BCUT2D eigenvalue weighted by Gasteiger charge is 2.12. The number of hydrogen-bond acceptors (Lipinski definition) is 4. The number of hydrogen-bond donors (Lipinski definition) is 1. The smallest absolute Gasteiger partial charge is 0.270 e. The van der Waals surface area contributed by atoms with Crippen molar-refractivity contribution < 1.29 is 9.53 Å². The van der Waals surface area contributed by atoms with Crippen molar-refractivity contribution in [1.82, 2.24) is 15.3 Å². The van der Waals surface area contributed by atoms with Crippen LogP contribution in [0, 0.1) is 0 Å². The number of fused-ring (bicyclic) bond motifs is 1. The third kappa shape index (κ3) is 3.45. The monoisotopic (exact) mass is 307 g/mol. The molecule has 1 amide bonds. The van der Waals surface area contributed by atoms with Gasteiger partial charge < -0.3 is 10.1 Å². The zero-order valence-electron chi connectivity index (χ0n) is 12.8. The van der Waals surface area contributed by atoms with Gasteiger partial charge in [0.25, 0.3) is 5.91 Å². The fourth-order valence-electron chi connectivity index (χ4n) is 2.37. The topological polar surface area (TPSA) is 64.1 Å². The van der Waals surface area contributed by atoms with Gasteiger partial charge in [0.2, 0.25) is 0 Å². The maximum atomic E-state index is 12.3. The molecule has 2 aromatic heterocycles. The van der Waals surface area contributed by atoms with E-state index in [9.17, 15) is 4.79 Å². The Labute approximate surface area is 134 Å². The highest BCUT2D eigenvalue weighted by atomic mass is 16.5. The van der Waals surface area contributed by atoms with E-state index in [-0.39, 0.29) is 5.91 Å². The molecule has 0 spiro atoms. The zero-order chi connectivity index (χ0) is 16.1. The number of aromatic nitrogens is 2. The summed E-state index contributed by atoms with van der Waals surface area (Å²) in [6.45, 7) is 0.507. The van der Waals surface area contributed by atoms with E-state index in [0.717, 1.165) is 16.6 Å². The van der Waals surface area contributed by atoms with Crippen molar-refractivity contribution in [3.05, 3.63) is 66.1 Å². The van der Waals surface area contributed by atoms with Gasteiger partial charge in [0, 0.05) is 36.3 Å². The third-order valence-corrected chi connectivity index (χ3v) is 3.52. The molecule has 1 aromatic carbocycles. The van der Waals surface area contributed by atoms with Crippen LogP contribution < -0.4 is 10.1 Å². The van der Waals surface area contributed by atoms with E-state index in [4.69, 9.17) is 4.74 Å². The Balaban J connectivity index is 1.73. The Hall–Kier alpha value is -2.95. The quantitative estimate of drug-likeness (QED) is 0.787. The fourth-order valence-corrected chi connectivity index (χ4v) is 2.37.